The molecule has 2 aliphatic heterocycles. The summed E-state index contributed by atoms with van der Waals surface area (Å²) in [6.07, 6.45) is 1.06. The monoisotopic (exact) mass is 386 g/mol. The van der Waals surface area contributed by atoms with Gasteiger partial charge in [0, 0.05) is 56.3 Å². The van der Waals surface area contributed by atoms with Crippen LogP contribution in [-0.4, -0.2) is 66.0 Å². The van der Waals surface area contributed by atoms with Gasteiger partial charge in [-0.05, 0) is 31.5 Å². The van der Waals surface area contributed by atoms with Crippen molar-refractivity contribution in [1.82, 2.24) is 20.1 Å². The topological polar surface area (TPSA) is 57.7 Å². The molecule has 0 bridgehead atoms. The van der Waals surface area contributed by atoms with E-state index in [-0.39, 0.29) is 5.91 Å². The Labute approximate surface area is 164 Å². The minimum absolute atomic E-state index is 0.0996. The lowest BCUT2D eigenvalue weighted by Gasteiger charge is -2.32. The highest BCUT2D eigenvalue weighted by Gasteiger charge is 2.31. The lowest BCUT2D eigenvalue weighted by Crippen LogP contribution is -2.49. The molecule has 4 rings (SSSR count). The molecule has 2 aliphatic rings. The molecule has 1 aromatic heterocycles. The lowest BCUT2D eigenvalue weighted by molar-refractivity contribution is 0.0773. The highest BCUT2D eigenvalue weighted by molar-refractivity contribution is 7.09. The first-order valence-electron chi connectivity index (χ1n) is 9.57. The van der Waals surface area contributed by atoms with E-state index < -0.39 is 0 Å². The molecule has 2 aromatic rings. The van der Waals surface area contributed by atoms with Crippen molar-refractivity contribution >= 4 is 17.2 Å². The molecule has 2 saturated heterocycles. The minimum Gasteiger partial charge on any atom is -0.487 e. The molecule has 1 unspecified atom stereocenters. The van der Waals surface area contributed by atoms with Crippen LogP contribution in [0.2, 0.25) is 0 Å². The standard InChI is InChI=1S/C20H26N4O2S/c1-15-22-17(14-27-15)13-26-19-4-2-3-16(11-19)20(25)24-8-5-18(12-24)23-9-6-21-7-10-23/h2-4,11,14,18,21H,5-10,12-13H2,1H3. The first kappa shape index (κ1) is 18.4. The Kier molecular flexibility index (Phi) is 5.71. The van der Waals surface area contributed by atoms with E-state index >= 15 is 0 Å². The Morgan fingerprint density at radius 3 is 2.96 bits per heavy atom. The average molecular weight is 387 g/mol. The molecule has 6 nitrogen and oxygen atoms in total. The number of piperazine rings is 1. The SMILES string of the molecule is Cc1nc(COc2cccc(C(=O)N3CCC(N4CCNCC4)C3)c2)cs1. The van der Waals surface area contributed by atoms with Crippen molar-refractivity contribution in [2.45, 2.75) is 26.0 Å². The van der Waals surface area contributed by atoms with Gasteiger partial charge in [-0.2, -0.15) is 0 Å². The molecule has 27 heavy (non-hydrogen) atoms. The maximum Gasteiger partial charge on any atom is 0.254 e. The van der Waals surface area contributed by atoms with Crippen molar-refractivity contribution in [2.24, 2.45) is 0 Å². The van der Waals surface area contributed by atoms with E-state index in [4.69, 9.17) is 4.74 Å². The molecule has 1 atom stereocenters. The highest BCUT2D eigenvalue weighted by Crippen LogP contribution is 2.21. The van der Waals surface area contributed by atoms with Crippen LogP contribution in [-0.2, 0) is 6.61 Å². The number of hydrogen-bond acceptors (Lipinski definition) is 6. The normalized spacial score (nSPS) is 20.8. The van der Waals surface area contributed by atoms with Crippen LogP contribution < -0.4 is 10.1 Å². The summed E-state index contributed by atoms with van der Waals surface area (Å²) in [5.41, 5.74) is 1.62. The van der Waals surface area contributed by atoms with Gasteiger partial charge < -0.3 is 15.0 Å². The van der Waals surface area contributed by atoms with Crippen LogP contribution in [0.4, 0.5) is 0 Å². The number of carbonyl (C=O) groups is 1. The first-order chi connectivity index (χ1) is 13.2. The molecule has 7 heteroatoms. The molecule has 0 radical (unpaired) electrons. The molecule has 144 valence electrons. The van der Waals surface area contributed by atoms with Crippen LogP contribution in [0.5, 0.6) is 5.75 Å². The van der Waals surface area contributed by atoms with E-state index in [1.54, 1.807) is 11.3 Å². The van der Waals surface area contributed by atoms with Gasteiger partial charge in [-0.15, -0.1) is 11.3 Å². The van der Waals surface area contributed by atoms with Crippen molar-refractivity contribution in [2.75, 3.05) is 39.3 Å². The Bertz CT molecular complexity index is 788. The number of benzene rings is 1. The number of amides is 1. The number of likely N-dealkylation sites (tertiary alicyclic amines) is 1. The molecule has 3 heterocycles. The summed E-state index contributed by atoms with van der Waals surface area (Å²) < 4.78 is 5.83. The van der Waals surface area contributed by atoms with Gasteiger partial charge in [-0.1, -0.05) is 6.07 Å². The Morgan fingerprint density at radius 1 is 1.33 bits per heavy atom. The summed E-state index contributed by atoms with van der Waals surface area (Å²) >= 11 is 1.62. The fourth-order valence-corrected chi connectivity index (χ4v) is 4.40. The number of nitrogens with one attached hydrogen (secondary N) is 1. The van der Waals surface area contributed by atoms with Gasteiger partial charge in [0.1, 0.15) is 12.4 Å². The van der Waals surface area contributed by atoms with Crippen molar-refractivity contribution in [3.63, 3.8) is 0 Å². The zero-order chi connectivity index (χ0) is 18.6. The number of aryl methyl sites for hydroxylation is 1. The highest BCUT2D eigenvalue weighted by atomic mass is 32.1. The molecule has 0 aliphatic carbocycles. The summed E-state index contributed by atoms with van der Waals surface area (Å²) in [5, 5.41) is 6.43. The van der Waals surface area contributed by atoms with E-state index in [9.17, 15) is 4.79 Å². The van der Waals surface area contributed by atoms with Gasteiger partial charge >= 0.3 is 0 Å². The fraction of sp³-hybridized carbons (Fsp3) is 0.500. The minimum atomic E-state index is 0.0996. The summed E-state index contributed by atoms with van der Waals surface area (Å²) in [7, 11) is 0. The van der Waals surface area contributed by atoms with Gasteiger partial charge in [0.2, 0.25) is 0 Å². The van der Waals surface area contributed by atoms with E-state index in [0.717, 1.165) is 56.4 Å². The molecule has 1 amide bonds. The number of nitrogens with zero attached hydrogens (tertiary/aromatic N) is 3. The Balaban J connectivity index is 1.36. The number of hydrogen-bond donors (Lipinski definition) is 1. The van der Waals surface area contributed by atoms with E-state index in [1.165, 1.54) is 0 Å². The van der Waals surface area contributed by atoms with E-state index in [1.807, 2.05) is 41.5 Å². The van der Waals surface area contributed by atoms with Crippen LogP contribution in [0.25, 0.3) is 0 Å². The van der Waals surface area contributed by atoms with Gasteiger partial charge in [0.05, 0.1) is 10.7 Å². The third-order valence-corrected chi connectivity index (χ3v) is 6.08. The van der Waals surface area contributed by atoms with Gasteiger partial charge in [-0.3, -0.25) is 9.69 Å². The predicted octanol–water partition coefficient (Wildman–Crippen LogP) is 2.15. The molecule has 1 aromatic carbocycles. The molecule has 0 spiro atoms. The number of thiazole rings is 1. The smallest absolute Gasteiger partial charge is 0.254 e. The van der Waals surface area contributed by atoms with Crippen LogP contribution in [0, 0.1) is 6.92 Å². The maximum atomic E-state index is 12.9. The number of carbonyl (C=O) groups excluding carboxylic acids is 1. The second-order valence-corrected chi connectivity index (χ2v) is 8.22. The lowest BCUT2D eigenvalue weighted by atomic mass is 10.2. The summed E-state index contributed by atoms with van der Waals surface area (Å²) in [5.74, 6) is 0.812. The second-order valence-electron chi connectivity index (χ2n) is 7.15. The fourth-order valence-electron chi connectivity index (χ4n) is 3.80. The first-order valence-corrected chi connectivity index (χ1v) is 10.4. The predicted molar refractivity (Wildman–Crippen MR) is 106 cm³/mol. The number of aromatic nitrogens is 1. The number of rotatable bonds is 5. The van der Waals surface area contributed by atoms with Crippen LogP contribution in [0.15, 0.2) is 29.6 Å². The molecular weight excluding hydrogens is 360 g/mol. The maximum absolute atomic E-state index is 12.9. The zero-order valence-electron chi connectivity index (χ0n) is 15.7. The van der Waals surface area contributed by atoms with Crippen molar-refractivity contribution < 1.29 is 9.53 Å². The summed E-state index contributed by atoms with van der Waals surface area (Å²) in [6.45, 7) is 8.30. The summed E-state index contributed by atoms with van der Waals surface area (Å²) in [6, 6.07) is 7.99. The second kappa shape index (κ2) is 8.37. The van der Waals surface area contributed by atoms with Gasteiger partial charge in [0.15, 0.2) is 0 Å². The van der Waals surface area contributed by atoms with Crippen molar-refractivity contribution in [1.29, 1.82) is 0 Å². The Morgan fingerprint density at radius 2 is 2.19 bits per heavy atom. The van der Waals surface area contributed by atoms with Crippen molar-refractivity contribution in [3.8, 4) is 5.75 Å². The largest absolute Gasteiger partial charge is 0.487 e. The third kappa shape index (κ3) is 4.48. The van der Waals surface area contributed by atoms with E-state index in [2.05, 4.69) is 15.2 Å². The average Bonchev–Trinajstić information content (AvgIpc) is 3.36. The summed E-state index contributed by atoms with van der Waals surface area (Å²) in [4.78, 5) is 21.8. The van der Waals surface area contributed by atoms with Gasteiger partial charge in [0.25, 0.3) is 5.91 Å². The molecule has 0 saturated carbocycles. The quantitative estimate of drug-likeness (QED) is 0.853. The zero-order valence-corrected chi connectivity index (χ0v) is 16.5. The van der Waals surface area contributed by atoms with E-state index in [0.29, 0.717) is 24.0 Å². The van der Waals surface area contributed by atoms with Crippen molar-refractivity contribution in [3.05, 3.63) is 45.9 Å². The molecule has 1 N–H and O–H groups in total. The molecular formula is C20H26N4O2S. The third-order valence-electron chi connectivity index (χ3n) is 5.25. The number of ether oxygens (including phenoxy) is 1. The van der Waals surface area contributed by atoms with Crippen LogP contribution in [0.1, 0.15) is 27.5 Å². The van der Waals surface area contributed by atoms with Gasteiger partial charge in [-0.25, -0.2) is 4.98 Å². The van der Waals surface area contributed by atoms with Crippen LogP contribution >= 0.6 is 11.3 Å². The van der Waals surface area contributed by atoms with Crippen LogP contribution in [0.3, 0.4) is 0 Å². The Hall–Kier alpha value is -1.96. The molecule has 2 fully saturated rings.